The monoisotopic (exact) mass is 293 g/mol. The molecule has 3 unspecified atom stereocenters. The van der Waals surface area contributed by atoms with E-state index in [1.807, 2.05) is 12.1 Å². The Balaban J connectivity index is 2.14. The van der Waals surface area contributed by atoms with E-state index < -0.39 is 0 Å². The third kappa shape index (κ3) is 3.77. The van der Waals surface area contributed by atoms with Crippen LogP contribution in [0.1, 0.15) is 58.6 Å². The van der Waals surface area contributed by atoms with Gasteiger partial charge in [-0.1, -0.05) is 57.8 Å². The number of rotatable bonds is 4. The molecule has 2 rings (SSSR count). The number of halogens is 1. The van der Waals surface area contributed by atoms with Crippen molar-refractivity contribution in [1.29, 1.82) is 0 Å². The van der Waals surface area contributed by atoms with E-state index >= 15 is 0 Å². The maximum absolute atomic E-state index is 6.01. The summed E-state index contributed by atoms with van der Waals surface area (Å²) in [5.74, 6) is 2.12. The molecule has 0 amide bonds. The molecule has 1 aliphatic rings. The van der Waals surface area contributed by atoms with E-state index in [0.29, 0.717) is 18.0 Å². The van der Waals surface area contributed by atoms with Crippen molar-refractivity contribution in [1.82, 2.24) is 5.32 Å². The van der Waals surface area contributed by atoms with Crippen molar-refractivity contribution < 1.29 is 0 Å². The fraction of sp³-hybridized carbons (Fsp3) is 0.667. The first-order valence-electron chi connectivity index (χ1n) is 8.00. The maximum Gasteiger partial charge on any atom is 0.0406 e. The van der Waals surface area contributed by atoms with Crippen molar-refractivity contribution in [2.45, 2.75) is 59.0 Å². The van der Waals surface area contributed by atoms with Crippen LogP contribution in [-0.4, -0.2) is 6.04 Å². The average Bonchev–Trinajstić information content (AvgIpc) is 2.39. The topological polar surface area (TPSA) is 12.0 Å². The van der Waals surface area contributed by atoms with Gasteiger partial charge in [0, 0.05) is 17.1 Å². The zero-order chi connectivity index (χ0) is 14.7. The molecule has 0 heterocycles. The van der Waals surface area contributed by atoms with Crippen LogP contribution in [0.4, 0.5) is 0 Å². The van der Waals surface area contributed by atoms with Crippen molar-refractivity contribution in [2.24, 2.45) is 17.8 Å². The molecule has 112 valence electrons. The minimum absolute atomic E-state index is 0.417. The van der Waals surface area contributed by atoms with Crippen LogP contribution in [0.2, 0.25) is 5.02 Å². The van der Waals surface area contributed by atoms with Gasteiger partial charge >= 0.3 is 0 Å². The summed E-state index contributed by atoms with van der Waals surface area (Å²) in [5, 5.41) is 4.76. The smallest absolute Gasteiger partial charge is 0.0406 e. The second-order valence-corrected chi connectivity index (χ2v) is 7.29. The Bertz CT molecular complexity index is 402. The van der Waals surface area contributed by atoms with Crippen molar-refractivity contribution >= 4 is 11.6 Å². The molecule has 0 aliphatic heterocycles. The van der Waals surface area contributed by atoms with Gasteiger partial charge in [-0.2, -0.15) is 0 Å². The van der Waals surface area contributed by atoms with E-state index in [9.17, 15) is 0 Å². The molecule has 0 bridgehead atoms. The number of hydrogen-bond donors (Lipinski definition) is 1. The van der Waals surface area contributed by atoms with Crippen LogP contribution in [0.5, 0.6) is 0 Å². The van der Waals surface area contributed by atoms with Gasteiger partial charge in [0.25, 0.3) is 0 Å². The average molecular weight is 294 g/mol. The van der Waals surface area contributed by atoms with Gasteiger partial charge in [0.05, 0.1) is 0 Å². The van der Waals surface area contributed by atoms with Crippen molar-refractivity contribution in [3.05, 3.63) is 34.9 Å². The standard InChI is InChI=1S/C18H28ClN/c1-12(2)17(15-8-10-16(19)11-9-15)20-18-13(3)6-5-7-14(18)4/h8-14,17-18,20H,5-7H2,1-4H3. The zero-order valence-electron chi connectivity index (χ0n) is 13.2. The van der Waals surface area contributed by atoms with Gasteiger partial charge in [-0.3, -0.25) is 0 Å². The second-order valence-electron chi connectivity index (χ2n) is 6.85. The van der Waals surface area contributed by atoms with Gasteiger partial charge in [0.15, 0.2) is 0 Å². The Hall–Kier alpha value is -0.530. The molecule has 20 heavy (non-hydrogen) atoms. The minimum Gasteiger partial charge on any atom is -0.306 e. The Kier molecular flexibility index (Phi) is 5.51. The molecule has 0 spiro atoms. The summed E-state index contributed by atoms with van der Waals surface area (Å²) in [4.78, 5) is 0. The summed E-state index contributed by atoms with van der Waals surface area (Å²) >= 11 is 6.01. The summed E-state index contributed by atoms with van der Waals surface area (Å²) in [6, 6.07) is 9.38. The fourth-order valence-corrected chi connectivity index (χ4v) is 3.69. The lowest BCUT2D eigenvalue weighted by Gasteiger charge is -2.39. The first-order valence-corrected chi connectivity index (χ1v) is 8.38. The highest BCUT2D eigenvalue weighted by atomic mass is 35.5. The van der Waals surface area contributed by atoms with Crippen LogP contribution < -0.4 is 5.32 Å². The maximum atomic E-state index is 6.01. The predicted molar refractivity (Wildman–Crippen MR) is 88.1 cm³/mol. The molecule has 0 aromatic heterocycles. The van der Waals surface area contributed by atoms with Gasteiger partial charge in [-0.25, -0.2) is 0 Å². The Morgan fingerprint density at radius 1 is 1.05 bits per heavy atom. The first-order chi connectivity index (χ1) is 9.49. The zero-order valence-corrected chi connectivity index (χ0v) is 14.0. The van der Waals surface area contributed by atoms with E-state index in [1.54, 1.807) is 0 Å². The highest BCUT2D eigenvalue weighted by Gasteiger charge is 2.30. The van der Waals surface area contributed by atoms with Gasteiger partial charge in [0.1, 0.15) is 0 Å². The lowest BCUT2D eigenvalue weighted by molar-refractivity contribution is 0.180. The minimum atomic E-state index is 0.417. The van der Waals surface area contributed by atoms with E-state index in [-0.39, 0.29) is 0 Å². The van der Waals surface area contributed by atoms with Gasteiger partial charge in [0.2, 0.25) is 0 Å². The molecule has 1 saturated carbocycles. The first kappa shape index (κ1) is 15.9. The molecule has 1 N–H and O–H groups in total. The van der Waals surface area contributed by atoms with Gasteiger partial charge < -0.3 is 5.32 Å². The number of nitrogens with one attached hydrogen (secondary N) is 1. The molecular formula is C18H28ClN. The number of hydrogen-bond acceptors (Lipinski definition) is 1. The van der Waals surface area contributed by atoms with Gasteiger partial charge in [-0.15, -0.1) is 0 Å². The molecule has 0 radical (unpaired) electrons. The van der Waals surface area contributed by atoms with Crippen molar-refractivity contribution in [3.8, 4) is 0 Å². The number of benzene rings is 1. The summed E-state index contributed by atoms with van der Waals surface area (Å²) in [6.45, 7) is 9.38. The van der Waals surface area contributed by atoms with Crippen LogP contribution >= 0.6 is 11.6 Å². The van der Waals surface area contributed by atoms with Gasteiger partial charge in [-0.05, 0) is 48.3 Å². The molecular weight excluding hydrogens is 266 g/mol. The Morgan fingerprint density at radius 3 is 2.10 bits per heavy atom. The summed E-state index contributed by atoms with van der Waals surface area (Å²) in [5.41, 5.74) is 1.36. The molecule has 1 nitrogen and oxygen atoms in total. The van der Waals surface area contributed by atoms with E-state index in [1.165, 1.54) is 24.8 Å². The molecule has 1 fully saturated rings. The predicted octanol–water partition coefficient (Wildman–Crippen LogP) is 5.45. The summed E-state index contributed by atoms with van der Waals surface area (Å²) in [6.07, 6.45) is 4.09. The highest BCUT2D eigenvalue weighted by molar-refractivity contribution is 6.30. The second kappa shape index (κ2) is 6.95. The molecule has 2 heteroatoms. The van der Waals surface area contributed by atoms with E-state index in [2.05, 4.69) is 45.1 Å². The van der Waals surface area contributed by atoms with Crippen molar-refractivity contribution in [2.75, 3.05) is 0 Å². The molecule has 1 aliphatic carbocycles. The Morgan fingerprint density at radius 2 is 1.60 bits per heavy atom. The molecule has 1 aromatic carbocycles. The fourth-order valence-electron chi connectivity index (χ4n) is 3.56. The third-order valence-electron chi connectivity index (χ3n) is 4.81. The summed E-state index contributed by atoms with van der Waals surface area (Å²) in [7, 11) is 0. The largest absolute Gasteiger partial charge is 0.306 e. The lowest BCUT2D eigenvalue weighted by Crippen LogP contribution is -2.45. The lowest BCUT2D eigenvalue weighted by atomic mass is 9.77. The normalized spacial score (nSPS) is 28.6. The van der Waals surface area contributed by atoms with Crippen molar-refractivity contribution in [3.63, 3.8) is 0 Å². The van der Waals surface area contributed by atoms with Crippen LogP contribution in [-0.2, 0) is 0 Å². The van der Waals surface area contributed by atoms with Crippen LogP contribution in [0, 0.1) is 17.8 Å². The van der Waals surface area contributed by atoms with Crippen LogP contribution in [0.15, 0.2) is 24.3 Å². The SMILES string of the molecule is CC(C)C(NC1C(C)CCCC1C)c1ccc(Cl)cc1. The molecule has 1 aromatic rings. The Labute approximate surface area is 129 Å². The third-order valence-corrected chi connectivity index (χ3v) is 5.06. The van der Waals surface area contributed by atoms with Crippen LogP contribution in [0.25, 0.3) is 0 Å². The quantitative estimate of drug-likeness (QED) is 0.778. The highest BCUT2D eigenvalue weighted by Crippen LogP contribution is 2.32. The van der Waals surface area contributed by atoms with E-state index in [0.717, 1.165) is 16.9 Å². The van der Waals surface area contributed by atoms with Crippen LogP contribution in [0.3, 0.4) is 0 Å². The molecule has 3 atom stereocenters. The summed E-state index contributed by atoms with van der Waals surface area (Å²) < 4.78 is 0. The molecule has 0 saturated heterocycles. The van der Waals surface area contributed by atoms with E-state index in [4.69, 9.17) is 11.6 Å².